The maximum absolute atomic E-state index is 12.3. The Bertz CT molecular complexity index is 1050. The van der Waals surface area contributed by atoms with Gasteiger partial charge in [0.25, 0.3) is 0 Å². The summed E-state index contributed by atoms with van der Waals surface area (Å²) in [6, 6.07) is 11.1. The molecule has 1 aliphatic rings. The van der Waals surface area contributed by atoms with Crippen molar-refractivity contribution >= 4 is 28.1 Å². The molecule has 156 valence electrons. The van der Waals surface area contributed by atoms with E-state index >= 15 is 0 Å². The van der Waals surface area contributed by atoms with E-state index in [1.54, 1.807) is 14.2 Å². The molecule has 0 aliphatic carbocycles. The van der Waals surface area contributed by atoms with Gasteiger partial charge in [0.15, 0.2) is 16.6 Å². The number of amides is 1. The number of hydrogen-bond donors (Lipinski definition) is 2. The van der Waals surface area contributed by atoms with Crippen LogP contribution < -0.4 is 29.6 Å². The van der Waals surface area contributed by atoms with Crippen molar-refractivity contribution in [2.75, 3.05) is 26.3 Å². The fraction of sp³-hybridized carbons (Fsp3) is 0.238. The molecular weight excluding hydrogens is 406 g/mol. The molecule has 2 aromatic carbocycles. The van der Waals surface area contributed by atoms with E-state index in [1.807, 2.05) is 41.8 Å². The minimum absolute atomic E-state index is 0.108. The van der Waals surface area contributed by atoms with Gasteiger partial charge in [-0.25, -0.2) is 4.98 Å². The highest BCUT2D eigenvalue weighted by Gasteiger charge is 2.14. The van der Waals surface area contributed by atoms with E-state index in [4.69, 9.17) is 18.9 Å². The van der Waals surface area contributed by atoms with Crippen LogP contribution in [0.15, 0.2) is 41.8 Å². The Labute approximate surface area is 177 Å². The molecule has 0 radical (unpaired) electrons. The smallest absolute Gasteiger partial charge is 0.231 e. The second-order valence-electron chi connectivity index (χ2n) is 6.48. The average molecular weight is 427 g/mol. The molecule has 30 heavy (non-hydrogen) atoms. The first-order valence-corrected chi connectivity index (χ1v) is 10.1. The number of nitrogens with zero attached hydrogens (tertiary/aromatic N) is 1. The van der Waals surface area contributed by atoms with Crippen LogP contribution in [0.4, 0.5) is 10.8 Å². The summed E-state index contributed by atoms with van der Waals surface area (Å²) in [6.45, 7) is 0.638. The van der Waals surface area contributed by atoms with Gasteiger partial charge in [-0.1, -0.05) is 6.07 Å². The highest BCUT2D eigenvalue weighted by molar-refractivity contribution is 7.13. The summed E-state index contributed by atoms with van der Waals surface area (Å²) < 4.78 is 21.3. The van der Waals surface area contributed by atoms with Gasteiger partial charge in [0, 0.05) is 18.0 Å². The topological polar surface area (TPSA) is 90.9 Å². The van der Waals surface area contributed by atoms with Crippen molar-refractivity contribution in [3.63, 3.8) is 0 Å². The van der Waals surface area contributed by atoms with E-state index in [-0.39, 0.29) is 19.1 Å². The van der Waals surface area contributed by atoms with Crippen molar-refractivity contribution in [3.05, 3.63) is 53.0 Å². The van der Waals surface area contributed by atoms with Gasteiger partial charge in [0.2, 0.25) is 12.7 Å². The molecule has 0 unspecified atom stereocenters. The Balaban J connectivity index is 1.33. The monoisotopic (exact) mass is 427 g/mol. The van der Waals surface area contributed by atoms with Crippen LogP contribution in [0, 0.1) is 0 Å². The summed E-state index contributed by atoms with van der Waals surface area (Å²) >= 11 is 1.42. The zero-order valence-corrected chi connectivity index (χ0v) is 17.4. The molecule has 1 amide bonds. The number of hydrogen-bond acceptors (Lipinski definition) is 8. The van der Waals surface area contributed by atoms with Gasteiger partial charge in [0.05, 0.1) is 32.0 Å². The van der Waals surface area contributed by atoms with Crippen LogP contribution in [0.25, 0.3) is 0 Å². The molecule has 2 heterocycles. The number of rotatable bonds is 8. The predicted octanol–water partition coefficient (Wildman–Crippen LogP) is 3.49. The molecule has 0 saturated heterocycles. The van der Waals surface area contributed by atoms with Gasteiger partial charge >= 0.3 is 0 Å². The molecule has 4 rings (SSSR count). The number of thiazole rings is 1. The van der Waals surface area contributed by atoms with E-state index < -0.39 is 0 Å². The predicted molar refractivity (Wildman–Crippen MR) is 113 cm³/mol. The summed E-state index contributed by atoms with van der Waals surface area (Å²) in [6.07, 6.45) is 0.192. The number of fused-ring (bicyclic) bond motifs is 1. The number of aromatic nitrogens is 1. The van der Waals surface area contributed by atoms with Gasteiger partial charge in [-0.05, 0) is 29.8 Å². The van der Waals surface area contributed by atoms with Crippen LogP contribution in [0.2, 0.25) is 0 Å². The van der Waals surface area contributed by atoms with Gasteiger partial charge in [0.1, 0.15) is 11.5 Å². The van der Waals surface area contributed by atoms with Crippen molar-refractivity contribution < 1.29 is 23.7 Å². The van der Waals surface area contributed by atoms with Crippen molar-refractivity contribution in [3.8, 4) is 23.0 Å². The normalized spacial score (nSPS) is 11.8. The lowest BCUT2D eigenvalue weighted by atomic mass is 10.2. The van der Waals surface area contributed by atoms with E-state index in [1.165, 1.54) is 11.3 Å². The highest BCUT2D eigenvalue weighted by atomic mass is 32.1. The first-order chi connectivity index (χ1) is 14.6. The molecule has 0 atom stereocenters. The molecule has 0 saturated carbocycles. The van der Waals surface area contributed by atoms with E-state index in [0.29, 0.717) is 34.6 Å². The van der Waals surface area contributed by atoms with Crippen molar-refractivity contribution in [1.29, 1.82) is 0 Å². The third-order valence-electron chi connectivity index (χ3n) is 4.47. The van der Waals surface area contributed by atoms with E-state index in [2.05, 4.69) is 15.6 Å². The number of anilines is 2. The molecule has 8 nitrogen and oxygen atoms in total. The fourth-order valence-corrected chi connectivity index (χ4v) is 3.67. The molecule has 0 spiro atoms. The highest BCUT2D eigenvalue weighted by Crippen LogP contribution is 2.33. The van der Waals surface area contributed by atoms with Crippen LogP contribution in [0.5, 0.6) is 23.0 Å². The zero-order chi connectivity index (χ0) is 20.9. The van der Waals surface area contributed by atoms with Crippen molar-refractivity contribution in [2.24, 2.45) is 0 Å². The molecule has 9 heteroatoms. The average Bonchev–Trinajstić information content (AvgIpc) is 3.41. The van der Waals surface area contributed by atoms with Gasteiger partial charge in [-0.3, -0.25) is 4.79 Å². The van der Waals surface area contributed by atoms with Crippen LogP contribution in [0.1, 0.15) is 11.3 Å². The van der Waals surface area contributed by atoms with E-state index in [0.717, 1.165) is 17.0 Å². The standard InChI is InChI=1S/C21H21N3O5S/c1-26-15-4-6-17(27-2)16(9-15)24-21-23-14(11-30-21)8-20(25)22-10-13-3-5-18-19(7-13)29-12-28-18/h3-7,9,11H,8,10,12H2,1-2H3,(H,22,25)(H,23,24). The summed E-state index contributed by atoms with van der Waals surface area (Å²) in [4.78, 5) is 16.8. The lowest BCUT2D eigenvalue weighted by Crippen LogP contribution is -2.24. The van der Waals surface area contributed by atoms with Gasteiger partial charge in [-0.2, -0.15) is 0 Å². The molecular formula is C21H21N3O5S. The lowest BCUT2D eigenvalue weighted by molar-refractivity contribution is -0.120. The summed E-state index contributed by atoms with van der Waals surface area (Å²) in [5.74, 6) is 2.70. The Morgan fingerprint density at radius 3 is 2.83 bits per heavy atom. The van der Waals surface area contributed by atoms with Crippen LogP contribution in [-0.4, -0.2) is 31.9 Å². The first-order valence-electron chi connectivity index (χ1n) is 9.23. The van der Waals surface area contributed by atoms with Crippen molar-refractivity contribution in [1.82, 2.24) is 10.3 Å². The minimum atomic E-state index is -0.108. The number of nitrogens with one attached hydrogen (secondary N) is 2. The molecule has 3 aromatic rings. The Kier molecular flexibility index (Phi) is 5.89. The number of ether oxygens (including phenoxy) is 4. The fourth-order valence-electron chi connectivity index (χ4n) is 2.95. The quantitative estimate of drug-likeness (QED) is 0.569. The molecule has 1 aliphatic heterocycles. The van der Waals surface area contributed by atoms with Gasteiger partial charge in [-0.15, -0.1) is 11.3 Å². The number of carbonyl (C=O) groups excluding carboxylic acids is 1. The molecule has 1 aromatic heterocycles. The van der Waals surface area contributed by atoms with Crippen LogP contribution >= 0.6 is 11.3 Å². The largest absolute Gasteiger partial charge is 0.497 e. The summed E-state index contributed by atoms with van der Waals surface area (Å²) in [5.41, 5.74) is 2.37. The molecule has 0 fully saturated rings. The van der Waals surface area contributed by atoms with Crippen LogP contribution in [0.3, 0.4) is 0 Å². The maximum Gasteiger partial charge on any atom is 0.231 e. The number of benzene rings is 2. The third kappa shape index (κ3) is 4.57. The SMILES string of the molecule is COc1ccc(OC)c(Nc2nc(CC(=O)NCc3ccc4c(c3)OCO4)cs2)c1. The third-order valence-corrected chi connectivity index (χ3v) is 5.27. The second kappa shape index (κ2) is 8.91. The second-order valence-corrected chi connectivity index (χ2v) is 7.33. The summed E-state index contributed by atoms with van der Waals surface area (Å²) in [7, 11) is 3.21. The van der Waals surface area contributed by atoms with Gasteiger partial charge < -0.3 is 29.6 Å². The first kappa shape index (κ1) is 19.8. The van der Waals surface area contributed by atoms with Crippen LogP contribution in [-0.2, 0) is 17.8 Å². The zero-order valence-electron chi connectivity index (χ0n) is 16.6. The number of methoxy groups -OCH3 is 2. The maximum atomic E-state index is 12.3. The molecule has 2 N–H and O–H groups in total. The Hall–Kier alpha value is -3.46. The number of carbonyl (C=O) groups is 1. The Morgan fingerprint density at radius 1 is 1.13 bits per heavy atom. The Morgan fingerprint density at radius 2 is 2.00 bits per heavy atom. The molecule has 0 bridgehead atoms. The van der Waals surface area contributed by atoms with Crippen molar-refractivity contribution in [2.45, 2.75) is 13.0 Å². The summed E-state index contributed by atoms with van der Waals surface area (Å²) in [5, 5.41) is 8.64. The lowest BCUT2D eigenvalue weighted by Gasteiger charge is -2.10. The minimum Gasteiger partial charge on any atom is -0.497 e. The van der Waals surface area contributed by atoms with E-state index in [9.17, 15) is 4.79 Å².